The molecular formula is C15H14BrClFNO. The zero-order chi connectivity index (χ0) is 14.5. The van der Waals surface area contributed by atoms with Crippen molar-refractivity contribution in [1.29, 1.82) is 0 Å². The van der Waals surface area contributed by atoms with Crippen LogP contribution in [-0.4, -0.2) is 7.05 Å². The van der Waals surface area contributed by atoms with Crippen molar-refractivity contribution < 1.29 is 9.13 Å². The maximum Gasteiger partial charge on any atom is 0.142 e. The van der Waals surface area contributed by atoms with Crippen molar-refractivity contribution in [3.63, 3.8) is 0 Å². The van der Waals surface area contributed by atoms with E-state index in [0.29, 0.717) is 22.9 Å². The molecule has 2 rings (SSSR count). The highest BCUT2D eigenvalue weighted by molar-refractivity contribution is 9.10. The lowest BCUT2D eigenvalue weighted by Crippen LogP contribution is -2.08. The van der Waals surface area contributed by atoms with Gasteiger partial charge in [0.15, 0.2) is 0 Å². The number of para-hydroxylation sites is 1. The summed E-state index contributed by atoms with van der Waals surface area (Å²) in [4.78, 5) is 0. The van der Waals surface area contributed by atoms with Crippen molar-refractivity contribution >= 4 is 27.5 Å². The molecule has 0 aromatic heterocycles. The largest absolute Gasteiger partial charge is 0.487 e. The number of rotatable bonds is 5. The molecule has 0 aliphatic heterocycles. The Bertz CT molecular complexity index is 606. The van der Waals surface area contributed by atoms with Crippen molar-refractivity contribution in [3.8, 4) is 5.75 Å². The normalized spacial score (nSPS) is 10.6. The molecule has 2 aromatic carbocycles. The van der Waals surface area contributed by atoms with Crippen LogP contribution in [0.15, 0.2) is 40.9 Å². The average Bonchev–Trinajstić information content (AvgIpc) is 2.42. The van der Waals surface area contributed by atoms with E-state index in [-0.39, 0.29) is 12.4 Å². The summed E-state index contributed by atoms with van der Waals surface area (Å²) in [6, 6.07) is 10.3. The van der Waals surface area contributed by atoms with Crippen LogP contribution in [0, 0.1) is 5.82 Å². The summed E-state index contributed by atoms with van der Waals surface area (Å²) in [6.45, 7) is 0.766. The van der Waals surface area contributed by atoms with E-state index in [2.05, 4.69) is 21.2 Å². The van der Waals surface area contributed by atoms with Gasteiger partial charge in [-0.2, -0.15) is 0 Å². The number of nitrogens with one attached hydrogen (secondary N) is 1. The topological polar surface area (TPSA) is 21.3 Å². The zero-order valence-electron chi connectivity index (χ0n) is 10.9. The van der Waals surface area contributed by atoms with Crippen molar-refractivity contribution in [2.24, 2.45) is 0 Å². The number of halogens is 3. The van der Waals surface area contributed by atoms with Crippen molar-refractivity contribution in [1.82, 2.24) is 5.32 Å². The molecule has 0 atom stereocenters. The second-order valence-electron chi connectivity index (χ2n) is 4.28. The van der Waals surface area contributed by atoms with Gasteiger partial charge in [-0.05, 0) is 31.3 Å². The maximum atomic E-state index is 13.7. The van der Waals surface area contributed by atoms with Crippen LogP contribution in [0.4, 0.5) is 4.39 Å². The molecule has 0 heterocycles. The van der Waals surface area contributed by atoms with E-state index in [0.717, 1.165) is 10.0 Å². The van der Waals surface area contributed by atoms with Crippen LogP contribution < -0.4 is 10.1 Å². The summed E-state index contributed by atoms with van der Waals surface area (Å²) >= 11 is 9.46. The van der Waals surface area contributed by atoms with E-state index >= 15 is 0 Å². The molecule has 20 heavy (non-hydrogen) atoms. The minimum absolute atomic E-state index is 0.131. The lowest BCUT2D eigenvalue weighted by atomic mass is 10.2. The maximum absolute atomic E-state index is 13.7. The molecule has 0 saturated heterocycles. The van der Waals surface area contributed by atoms with E-state index in [1.165, 1.54) is 6.07 Å². The molecule has 2 aromatic rings. The molecule has 0 spiro atoms. The summed E-state index contributed by atoms with van der Waals surface area (Å²) < 4.78 is 20.2. The zero-order valence-corrected chi connectivity index (χ0v) is 13.3. The third-order valence-corrected chi connectivity index (χ3v) is 3.59. The SMILES string of the molecule is CNCc1cccc(Cl)c1OCc1cc(Br)ccc1F. The predicted molar refractivity (Wildman–Crippen MR) is 82.6 cm³/mol. The quantitative estimate of drug-likeness (QED) is 0.847. The van der Waals surface area contributed by atoms with Gasteiger partial charge in [-0.15, -0.1) is 0 Å². The van der Waals surface area contributed by atoms with Crippen LogP contribution in [0.2, 0.25) is 5.02 Å². The predicted octanol–water partition coefficient (Wildman–Crippen LogP) is 4.54. The van der Waals surface area contributed by atoms with Crippen LogP contribution in [-0.2, 0) is 13.2 Å². The van der Waals surface area contributed by atoms with E-state index < -0.39 is 0 Å². The standard InChI is InChI=1S/C15H14BrClFNO/c1-19-8-10-3-2-4-13(17)15(10)20-9-11-7-12(16)5-6-14(11)18/h2-7,19H,8-9H2,1H3. The molecule has 1 N–H and O–H groups in total. The fourth-order valence-electron chi connectivity index (χ4n) is 1.85. The van der Waals surface area contributed by atoms with E-state index in [4.69, 9.17) is 16.3 Å². The van der Waals surface area contributed by atoms with E-state index in [1.54, 1.807) is 18.2 Å². The summed E-state index contributed by atoms with van der Waals surface area (Å²) in [5.41, 5.74) is 1.42. The first-order valence-electron chi connectivity index (χ1n) is 6.10. The highest BCUT2D eigenvalue weighted by Crippen LogP contribution is 2.30. The molecule has 0 fully saturated rings. The summed E-state index contributed by atoms with van der Waals surface area (Å²) in [6.07, 6.45) is 0. The second-order valence-corrected chi connectivity index (χ2v) is 5.61. The van der Waals surface area contributed by atoms with Gasteiger partial charge in [0.05, 0.1) is 5.02 Å². The molecule has 0 unspecified atom stereocenters. The Morgan fingerprint density at radius 3 is 2.80 bits per heavy atom. The van der Waals surface area contributed by atoms with Gasteiger partial charge in [0.1, 0.15) is 18.2 Å². The highest BCUT2D eigenvalue weighted by atomic mass is 79.9. The summed E-state index contributed by atoms with van der Waals surface area (Å²) in [5, 5.41) is 3.57. The van der Waals surface area contributed by atoms with Gasteiger partial charge >= 0.3 is 0 Å². The Morgan fingerprint density at radius 2 is 2.05 bits per heavy atom. The monoisotopic (exact) mass is 357 g/mol. The molecule has 0 bridgehead atoms. The Balaban J connectivity index is 2.20. The van der Waals surface area contributed by atoms with Crippen molar-refractivity contribution in [3.05, 3.63) is 62.8 Å². The lowest BCUT2D eigenvalue weighted by molar-refractivity contribution is 0.296. The van der Waals surface area contributed by atoms with Gasteiger partial charge in [0, 0.05) is 22.1 Å². The molecule has 0 aliphatic rings. The Morgan fingerprint density at radius 1 is 1.25 bits per heavy atom. The number of benzene rings is 2. The number of hydrogen-bond donors (Lipinski definition) is 1. The summed E-state index contributed by atoms with van der Waals surface area (Å²) in [7, 11) is 1.85. The van der Waals surface area contributed by atoms with Gasteiger partial charge < -0.3 is 10.1 Å². The van der Waals surface area contributed by atoms with Crippen LogP contribution in [0.1, 0.15) is 11.1 Å². The van der Waals surface area contributed by atoms with Crippen molar-refractivity contribution in [2.45, 2.75) is 13.2 Å². The number of hydrogen-bond acceptors (Lipinski definition) is 2. The minimum Gasteiger partial charge on any atom is -0.487 e. The van der Waals surface area contributed by atoms with Gasteiger partial charge in [0.25, 0.3) is 0 Å². The van der Waals surface area contributed by atoms with Gasteiger partial charge in [-0.25, -0.2) is 4.39 Å². The first kappa shape index (κ1) is 15.3. The van der Waals surface area contributed by atoms with Gasteiger partial charge in [-0.1, -0.05) is 39.7 Å². The first-order valence-corrected chi connectivity index (χ1v) is 7.27. The van der Waals surface area contributed by atoms with Crippen LogP contribution >= 0.6 is 27.5 Å². The second kappa shape index (κ2) is 7.07. The van der Waals surface area contributed by atoms with Gasteiger partial charge in [-0.3, -0.25) is 0 Å². The van der Waals surface area contributed by atoms with Gasteiger partial charge in [0.2, 0.25) is 0 Å². The Labute approximate surface area is 131 Å². The van der Waals surface area contributed by atoms with Crippen LogP contribution in [0.5, 0.6) is 5.75 Å². The average molecular weight is 359 g/mol. The lowest BCUT2D eigenvalue weighted by Gasteiger charge is -2.13. The molecule has 5 heteroatoms. The highest BCUT2D eigenvalue weighted by Gasteiger charge is 2.10. The Kier molecular flexibility index (Phi) is 5.40. The molecule has 106 valence electrons. The molecular weight excluding hydrogens is 345 g/mol. The van der Waals surface area contributed by atoms with Crippen LogP contribution in [0.3, 0.4) is 0 Å². The minimum atomic E-state index is -0.296. The summed E-state index contributed by atoms with van der Waals surface area (Å²) in [5.74, 6) is 0.290. The molecule has 0 radical (unpaired) electrons. The smallest absolute Gasteiger partial charge is 0.142 e. The molecule has 0 saturated carbocycles. The first-order chi connectivity index (χ1) is 9.61. The molecule has 0 amide bonds. The van der Waals surface area contributed by atoms with E-state index in [9.17, 15) is 4.39 Å². The molecule has 2 nitrogen and oxygen atoms in total. The number of ether oxygens (including phenoxy) is 1. The van der Waals surface area contributed by atoms with E-state index in [1.807, 2.05) is 19.2 Å². The third-order valence-electron chi connectivity index (χ3n) is 2.80. The van der Waals surface area contributed by atoms with Crippen molar-refractivity contribution in [2.75, 3.05) is 7.05 Å². The fourth-order valence-corrected chi connectivity index (χ4v) is 2.51. The van der Waals surface area contributed by atoms with Crippen LogP contribution in [0.25, 0.3) is 0 Å². The third kappa shape index (κ3) is 3.72. The fraction of sp³-hybridized carbons (Fsp3) is 0.200. The molecule has 0 aliphatic carbocycles. The Hall–Kier alpha value is -1.10.